The molecule has 1 aliphatic carbocycles. The molecule has 0 radical (unpaired) electrons. The van der Waals surface area contributed by atoms with Gasteiger partial charge in [0.2, 0.25) is 0 Å². The predicted octanol–water partition coefficient (Wildman–Crippen LogP) is 5.73. The van der Waals surface area contributed by atoms with Gasteiger partial charge >= 0.3 is 18.2 Å². The number of amides is 2. The quantitative estimate of drug-likeness (QED) is 0.412. The minimum Gasteiger partial charge on any atom is -0.480 e. The Bertz CT molecular complexity index is 1380. The number of carbonyl (C=O) groups is 3. The van der Waals surface area contributed by atoms with Crippen molar-refractivity contribution in [3.63, 3.8) is 0 Å². The summed E-state index contributed by atoms with van der Waals surface area (Å²) in [5.74, 6) is -1.34. The van der Waals surface area contributed by atoms with Crippen LogP contribution < -0.4 is 5.32 Å². The summed E-state index contributed by atoms with van der Waals surface area (Å²) in [5.41, 5.74) is 5.68. The molecule has 0 saturated heterocycles. The van der Waals surface area contributed by atoms with Gasteiger partial charge in [0.05, 0.1) is 0 Å². The molecule has 0 spiro atoms. The van der Waals surface area contributed by atoms with Gasteiger partial charge in [-0.25, -0.2) is 14.4 Å². The fraction of sp³-hybridized carbons (Fsp3) is 0.344. The molecule has 0 fully saturated rings. The molecule has 2 atom stereocenters. The molecule has 2 unspecified atom stereocenters. The first-order chi connectivity index (χ1) is 19.1. The molecule has 3 aromatic rings. The number of carboxylic acids is 1. The fourth-order valence-corrected chi connectivity index (χ4v) is 5.61. The average Bonchev–Trinajstić information content (AvgIpc) is 3.23. The standard InChI is InChI=1S/C32H34N2O6/c1-32(2,3)40-31(38)34-18-21-11-5-4-10-20(21)16-22(34)17-28(29(35)36)33-30(37)39-19-27-25-14-8-6-12-23(25)24-13-7-9-15-26(24)27/h4-15,22,27-28H,16-19H2,1-3H3,(H,33,37)(H,35,36). The van der Waals surface area contributed by atoms with E-state index >= 15 is 0 Å². The van der Waals surface area contributed by atoms with E-state index in [9.17, 15) is 19.5 Å². The largest absolute Gasteiger partial charge is 0.480 e. The molecule has 208 valence electrons. The number of alkyl carbamates (subject to hydrolysis) is 1. The summed E-state index contributed by atoms with van der Waals surface area (Å²) in [7, 11) is 0. The van der Waals surface area contributed by atoms with E-state index in [1.807, 2.05) is 72.8 Å². The van der Waals surface area contributed by atoms with Crippen molar-refractivity contribution in [2.24, 2.45) is 0 Å². The second-order valence-corrected chi connectivity index (χ2v) is 11.3. The zero-order chi connectivity index (χ0) is 28.4. The molecular weight excluding hydrogens is 508 g/mol. The lowest BCUT2D eigenvalue weighted by molar-refractivity contribution is -0.140. The highest BCUT2D eigenvalue weighted by Gasteiger charge is 2.37. The Morgan fingerprint density at radius 3 is 2.10 bits per heavy atom. The second kappa shape index (κ2) is 11.0. The van der Waals surface area contributed by atoms with Gasteiger partial charge in [0, 0.05) is 18.5 Å². The Labute approximate surface area is 233 Å². The molecule has 0 saturated carbocycles. The summed E-state index contributed by atoms with van der Waals surface area (Å²) in [6, 6.07) is 22.0. The first kappa shape index (κ1) is 27.2. The Balaban J connectivity index is 1.28. The van der Waals surface area contributed by atoms with E-state index in [4.69, 9.17) is 9.47 Å². The van der Waals surface area contributed by atoms with Crippen LogP contribution in [0.2, 0.25) is 0 Å². The summed E-state index contributed by atoms with van der Waals surface area (Å²) in [6.07, 6.45) is -0.870. The van der Waals surface area contributed by atoms with Crippen LogP contribution in [0.25, 0.3) is 11.1 Å². The summed E-state index contributed by atoms with van der Waals surface area (Å²) >= 11 is 0. The number of rotatable bonds is 6. The topological polar surface area (TPSA) is 105 Å². The Hall–Kier alpha value is -4.33. The van der Waals surface area contributed by atoms with Crippen molar-refractivity contribution in [2.75, 3.05) is 6.61 Å². The van der Waals surface area contributed by atoms with Crippen LogP contribution >= 0.6 is 0 Å². The smallest absolute Gasteiger partial charge is 0.410 e. The third-order valence-electron chi connectivity index (χ3n) is 7.43. The van der Waals surface area contributed by atoms with Gasteiger partial charge in [0.15, 0.2) is 0 Å². The highest BCUT2D eigenvalue weighted by molar-refractivity contribution is 5.81. The van der Waals surface area contributed by atoms with E-state index in [-0.39, 0.29) is 18.9 Å². The number of carboxylic acid groups (broad SMARTS) is 1. The van der Waals surface area contributed by atoms with E-state index in [0.717, 1.165) is 33.4 Å². The van der Waals surface area contributed by atoms with Crippen molar-refractivity contribution >= 4 is 18.2 Å². The molecule has 8 heteroatoms. The average molecular weight is 543 g/mol. The number of fused-ring (bicyclic) bond motifs is 4. The first-order valence-corrected chi connectivity index (χ1v) is 13.5. The van der Waals surface area contributed by atoms with Crippen LogP contribution in [-0.2, 0) is 27.2 Å². The van der Waals surface area contributed by atoms with E-state index < -0.39 is 35.8 Å². The number of aliphatic carboxylic acids is 1. The summed E-state index contributed by atoms with van der Waals surface area (Å²) in [4.78, 5) is 39.8. The van der Waals surface area contributed by atoms with Crippen LogP contribution in [0.1, 0.15) is 55.4 Å². The van der Waals surface area contributed by atoms with Crippen molar-refractivity contribution in [2.45, 2.75) is 63.8 Å². The van der Waals surface area contributed by atoms with Gasteiger partial charge in [-0.15, -0.1) is 0 Å². The molecular formula is C32H34N2O6. The van der Waals surface area contributed by atoms with Gasteiger partial charge in [-0.2, -0.15) is 0 Å². The predicted molar refractivity (Wildman–Crippen MR) is 150 cm³/mol. The number of ether oxygens (including phenoxy) is 2. The maximum Gasteiger partial charge on any atom is 0.410 e. The Kier molecular flexibility index (Phi) is 7.52. The summed E-state index contributed by atoms with van der Waals surface area (Å²) in [6.45, 7) is 5.74. The zero-order valence-electron chi connectivity index (χ0n) is 22.9. The van der Waals surface area contributed by atoms with Crippen LogP contribution in [-0.4, -0.2) is 52.5 Å². The van der Waals surface area contributed by atoms with Crippen LogP contribution in [0.4, 0.5) is 9.59 Å². The lowest BCUT2D eigenvalue weighted by atomic mass is 9.90. The molecule has 40 heavy (non-hydrogen) atoms. The number of nitrogens with zero attached hydrogens (tertiary/aromatic N) is 1. The van der Waals surface area contributed by atoms with Gasteiger partial charge in [-0.1, -0.05) is 72.8 Å². The molecule has 1 heterocycles. The van der Waals surface area contributed by atoms with Gasteiger partial charge in [-0.3, -0.25) is 0 Å². The van der Waals surface area contributed by atoms with Crippen LogP contribution in [0.5, 0.6) is 0 Å². The van der Waals surface area contributed by atoms with Gasteiger partial charge in [0.25, 0.3) is 0 Å². The number of hydrogen-bond donors (Lipinski definition) is 2. The molecule has 2 N–H and O–H groups in total. The first-order valence-electron chi connectivity index (χ1n) is 13.5. The summed E-state index contributed by atoms with van der Waals surface area (Å²) in [5, 5.41) is 12.5. The monoisotopic (exact) mass is 542 g/mol. The lowest BCUT2D eigenvalue weighted by Crippen LogP contribution is -2.51. The number of benzene rings is 3. The molecule has 8 nitrogen and oxygen atoms in total. The zero-order valence-corrected chi connectivity index (χ0v) is 22.9. The van der Waals surface area contributed by atoms with E-state index in [0.29, 0.717) is 13.0 Å². The lowest BCUT2D eigenvalue weighted by Gasteiger charge is -2.38. The van der Waals surface area contributed by atoms with Crippen molar-refractivity contribution in [1.82, 2.24) is 10.2 Å². The maximum atomic E-state index is 13.1. The van der Waals surface area contributed by atoms with Gasteiger partial charge in [0.1, 0.15) is 18.2 Å². The maximum absolute atomic E-state index is 13.1. The third kappa shape index (κ3) is 5.81. The highest BCUT2D eigenvalue weighted by Crippen LogP contribution is 2.44. The Morgan fingerprint density at radius 1 is 0.925 bits per heavy atom. The number of nitrogens with one attached hydrogen (secondary N) is 1. The molecule has 0 aromatic heterocycles. The Morgan fingerprint density at radius 2 is 1.50 bits per heavy atom. The van der Waals surface area contributed by atoms with E-state index in [2.05, 4.69) is 5.32 Å². The fourth-order valence-electron chi connectivity index (χ4n) is 5.61. The van der Waals surface area contributed by atoms with E-state index in [1.165, 1.54) is 0 Å². The highest BCUT2D eigenvalue weighted by atomic mass is 16.6. The van der Waals surface area contributed by atoms with Gasteiger partial charge in [-0.05, 0) is 67.0 Å². The van der Waals surface area contributed by atoms with Crippen molar-refractivity contribution < 1.29 is 29.0 Å². The van der Waals surface area contributed by atoms with Crippen LogP contribution in [0.3, 0.4) is 0 Å². The molecule has 0 bridgehead atoms. The molecule has 2 aliphatic rings. The summed E-state index contributed by atoms with van der Waals surface area (Å²) < 4.78 is 11.2. The molecule has 2 amide bonds. The van der Waals surface area contributed by atoms with Crippen molar-refractivity contribution in [3.8, 4) is 11.1 Å². The van der Waals surface area contributed by atoms with Crippen LogP contribution in [0.15, 0.2) is 72.8 Å². The van der Waals surface area contributed by atoms with Gasteiger partial charge < -0.3 is 24.8 Å². The molecule has 5 rings (SSSR count). The van der Waals surface area contributed by atoms with Crippen LogP contribution in [0, 0.1) is 0 Å². The molecule has 1 aliphatic heterocycles. The molecule has 3 aromatic carbocycles. The normalized spacial score (nSPS) is 16.8. The minimum atomic E-state index is -1.25. The third-order valence-corrected chi connectivity index (χ3v) is 7.43. The van der Waals surface area contributed by atoms with E-state index in [1.54, 1.807) is 25.7 Å². The van der Waals surface area contributed by atoms with Crippen molar-refractivity contribution in [1.29, 1.82) is 0 Å². The number of hydrogen-bond acceptors (Lipinski definition) is 5. The van der Waals surface area contributed by atoms with Crippen molar-refractivity contribution in [3.05, 3.63) is 95.1 Å². The number of carbonyl (C=O) groups excluding carboxylic acids is 2. The second-order valence-electron chi connectivity index (χ2n) is 11.3. The SMILES string of the molecule is CC(C)(C)OC(=O)N1Cc2ccccc2CC1CC(NC(=O)OCC1c2ccccc2-c2ccccc21)C(=O)O. The minimum absolute atomic E-state index is 0.00705.